The molecule has 0 aromatic carbocycles. The van der Waals surface area contributed by atoms with Gasteiger partial charge in [-0.2, -0.15) is 0 Å². The third kappa shape index (κ3) is 1.27. The normalized spacial score (nSPS) is 27.1. The Morgan fingerprint density at radius 1 is 1.43 bits per heavy atom. The second-order valence-corrected chi connectivity index (χ2v) is 4.55. The van der Waals surface area contributed by atoms with Gasteiger partial charge in [0.2, 0.25) is 0 Å². The van der Waals surface area contributed by atoms with E-state index >= 15 is 0 Å². The van der Waals surface area contributed by atoms with Gasteiger partial charge in [-0.25, -0.2) is 4.98 Å². The Hall–Kier alpha value is -0.830. The standard InChI is InChI=1S/C11H17N3/c1-8-6-13-11(9-2-3-9)14(8)10-4-5-12-7-10/h6,9-10,12H,2-5,7H2,1H3/t10-/m1/s1. The summed E-state index contributed by atoms with van der Waals surface area (Å²) in [6.45, 7) is 4.46. The molecule has 3 nitrogen and oxygen atoms in total. The van der Waals surface area contributed by atoms with E-state index in [9.17, 15) is 0 Å². The van der Waals surface area contributed by atoms with E-state index in [1.54, 1.807) is 0 Å². The highest BCUT2D eigenvalue weighted by atomic mass is 15.2. The molecule has 0 bridgehead atoms. The van der Waals surface area contributed by atoms with Crippen molar-refractivity contribution < 1.29 is 0 Å². The van der Waals surface area contributed by atoms with Gasteiger partial charge >= 0.3 is 0 Å². The van der Waals surface area contributed by atoms with E-state index in [0.29, 0.717) is 6.04 Å². The van der Waals surface area contributed by atoms with E-state index in [2.05, 4.69) is 21.8 Å². The lowest BCUT2D eigenvalue weighted by molar-refractivity contribution is 0.513. The lowest BCUT2D eigenvalue weighted by Crippen LogP contribution is -2.16. The van der Waals surface area contributed by atoms with Crippen LogP contribution in [-0.2, 0) is 0 Å². The van der Waals surface area contributed by atoms with Crippen molar-refractivity contribution in [1.29, 1.82) is 0 Å². The number of hydrogen-bond donors (Lipinski definition) is 1. The molecule has 1 saturated carbocycles. The van der Waals surface area contributed by atoms with Crippen molar-refractivity contribution in [2.24, 2.45) is 0 Å². The van der Waals surface area contributed by atoms with Crippen LogP contribution in [0.3, 0.4) is 0 Å². The molecule has 0 spiro atoms. The maximum atomic E-state index is 4.56. The zero-order valence-electron chi connectivity index (χ0n) is 8.66. The van der Waals surface area contributed by atoms with Crippen LogP contribution in [-0.4, -0.2) is 22.6 Å². The van der Waals surface area contributed by atoms with Gasteiger partial charge in [0.1, 0.15) is 5.82 Å². The van der Waals surface area contributed by atoms with Crippen molar-refractivity contribution >= 4 is 0 Å². The van der Waals surface area contributed by atoms with Gasteiger partial charge in [0.05, 0.1) is 0 Å². The fraction of sp³-hybridized carbons (Fsp3) is 0.727. The van der Waals surface area contributed by atoms with Crippen LogP contribution in [0.2, 0.25) is 0 Å². The maximum Gasteiger partial charge on any atom is 0.112 e. The summed E-state index contributed by atoms with van der Waals surface area (Å²) in [6.07, 6.45) is 5.98. The van der Waals surface area contributed by atoms with Crippen LogP contribution >= 0.6 is 0 Å². The number of nitrogens with one attached hydrogen (secondary N) is 1. The van der Waals surface area contributed by atoms with Gasteiger partial charge in [-0.3, -0.25) is 0 Å². The summed E-state index contributed by atoms with van der Waals surface area (Å²) in [5.41, 5.74) is 1.33. The van der Waals surface area contributed by atoms with E-state index in [1.165, 1.54) is 30.8 Å². The Morgan fingerprint density at radius 2 is 2.29 bits per heavy atom. The molecule has 1 atom stereocenters. The molecule has 3 rings (SSSR count). The number of rotatable bonds is 2. The topological polar surface area (TPSA) is 29.9 Å². The average Bonchev–Trinajstić information content (AvgIpc) is 2.75. The number of imidazole rings is 1. The monoisotopic (exact) mass is 191 g/mol. The zero-order chi connectivity index (χ0) is 9.54. The number of aromatic nitrogens is 2. The van der Waals surface area contributed by atoms with Crippen molar-refractivity contribution in [3.8, 4) is 0 Å². The van der Waals surface area contributed by atoms with E-state index in [1.807, 2.05) is 6.20 Å². The van der Waals surface area contributed by atoms with Crippen LogP contribution in [0.5, 0.6) is 0 Å². The SMILES string of the molecule is Cc1cnc(C2CC2)n1[C@@H]1CCNC1. The van der Waals surface area contributed by atoms with Crippen molar-refractivity contribution in [3.63, 3.8) is 0 Å². The van der Waals surface area contributed by atoms with Crippen molar-refractivity contribution in [3.05, 3.63) is 17.7 Å². The van der Waals surface area contributed by atoms with Crippen molar-refractivity contribution in [1.82, 2.24) is 14.9 Å². The number of aryl methyl sites for hydroxylation is 1. The van der Waals surface area contributed by atoms with Gasteiger partial charge in [-0.15, -0.1) is 0 Å². The molecule has 0 unspecified atom stereocenters. The molecule has 14 heavy (non-hydrogen) atoms. The minimum Gasteiger partial charge on any atom is -0.328 e. The predicted molar refractivity (Wildman–Crippen MR) is 55.5 cm³/mol. The molecule has 1 N–H and O–H groups in total. The van der Waals surface area contributed by atoms with Crippen LogP contribution in [0.4, 0.5) is 0 Å². The first kappa shape index (κ1) is 8.48. The van der Waals surface area contributed by atoms with Crippen molar-refractivity contribution in [2.45, 2.75) is 38.1 Å². The highest BCUT2D eigenvalue weighted by molar-refractivity contribution is 5.14. The Bertz CT molecular complexity index is 332. The molecular weight excluding hydrogens is 174 g/mol. The van der Waals surface area contributed by atoms with Crippen LogP contribution in [0.1, 0.15) is 42.7 Å². The first-order chi connectivity index (χ1) is 6.86. The maximum absolute atomic E-state index is 4.56. The third-order valence-corrected chi connectivity index (χ3v) is 3.35. The van der Waals surface area contributed by atoms with Crippen molar-refractivity contribution in [2.75, 3.05) is 13.1 Å². The summed E-state index contributed by atoms with van der Waals surface area (Å²) in [5, 5.41) is 3.43. The van der Waals surface area contributed by atoms with E-state index in [4.69, 9.17) is 0 Å². The van der Waals surface area contributed by atoms with Crippen LogP contribution in [0.15, 0.2) is 6.20 Å². The molecule has 1 aromatic heterocycles. The van der Waals surface area contributed by atoms with E-state index in [0.717, 1.165) is 19.0 Å². The summed E-state index contributed by atoms with van der Waals surface area (Å²) >= 11 is 0. The molecule has 1 aromatic rings. The van der Waals surface area contributed by atoms with Crippen LogP contribution in [0, 0.1) is 6.92 Å². The lowest BCUT2D eigenvalue weighted by atomic mass is 10.2. The lowest BCUT2D eigenvalue weighted by Gasteiger charge is -2.16. The molecule has 0 radical (unpaired) electrons. The largest absolute Gasteiger partial charge is 0.328 e. The fourth-order valence-corrected chi connectivity index (χ4v) is 2.44. The highest BCUT2D eigenvalue weighted by Crippen LogP contribution is 2.40. The summed E-state index contributed by atoms with van der Waals surface area (Å²) in [7, 11) is 0. The third-order valence-electron chi connectivity index (χ3n) is 3.35. The number of hydrogen-bond acceptors (Lipinski definition) is 2. The molecule has 0 amide bonds. The van der Waals surface area contributed by atoms with Gasteiger partial charge < -0.3 is 9.88 Å². The van der Waals surface area contributed by atoms with E-state index in [-0.39, 0.29) is 0 Å². The van der Waals surface area contributed by atoms with Gasteiger partial charge in [-0.1, -0.05) is 0 Å². The average molecular weight is 191 g/mol. The Labute approximate surface area is 84.5 Å². The molecule has 2 aliphatic rings. The molecule has 1 saturated heterocycles. The number of nitrogens with zero attached hydrogens (tertiary/aromatic N) is 2. The van der Waals surface area contributed by atoms with Gasteiger partial charge in [0.15, 0.2) is 0 Å². The minimum absolute atomic E-state index is 0.660. The smallest absolute Gasteiger partial charge is 0.112 e. The molecular formula is C11H17N3. The zero-order valence-corrected chi connectivity index (χ0v) is 8.66. The first-order valence-electron chi connectivity index (χ1n) is 5.60. The molecule has 1 aliphatic heterocycles. The Kier molecular flexibility index (Phi) is 1.87. The molecule has 2 heterocycles. The van der Waals surface area contributed by atoms with Gasteiger partial charge in [0, 0.05) is 30.4 Å². The second-order valence-electron chi connectivity index (χ2n) is 4.55. The summed E-state index contributed by atoms with van der Waals surface area (Å²) in [6, 6.07) is 0.660. The summed E-state index contributed by atoms with van der Waals surface area (Å²) < 4.78 is 2.47. The first-order valence-corrected chi connectivity index (χ1v) is 5.60. The van der Waals surface area contributed by atoms with Crippen LogP contribution in [0.25, 0.3) is 0 Å². The van der Waals surface area contributed by atoms with E-state index < -0.39 is 0 Å². The molecule has 2 fully saturated rings. The molecule has 76 valence electrons. The Morgan fingerprint density at radius 3 is 2.93 bits per heavy atom. The second kappa shape index (κ2) is 3.09. The van der Waals surface area contributed by atoms with Gasteiger partial charge in [0.25, 0.3) is 0 Å². The summed E-state index contributed by atoms with van der Waals surface area (Å²) in [4.78, 5) is 4.56. The molecule has 3 heteroatoms. The fourth-order valence-electron chi connectivity index (χ4n) is 2.44. The molecule has 1 aliphatic carbocycles. The quantitative estimate of drug-likeness (QED) is 0.769. The Balaban J connectivity index is 1.96. The highest BCUT2D eigenvalue weighted by Gasteiger charge is 2.31. The summed E-state index contributed by atoms with van der Waals surface area (Å²) in [5.74, 6) is 2.11. The van der Waals surface area contributed by atoms with Gasteiger partial charge in [-0.05, 0) is 32.7 Å². The minimum atomic E-state index is 0.660. The predicted octanol–water partition coefficient (Wildman–Crippen LogP) is 1.60. The van der Waals surface area contributed by atoms with Crippen LogP contribution < -0.4 is 5.32 Å².